The van der Waals surface area contributed by atoms with Crippen LogP contribution in [0.25, 0.3) is 0 Å². The van der Waals surface area contributed by atoms with Crippen molar-refractivity contribution in [1.82, 2.24) is 10.6 Å². The smallest absolute Gasteiger partial charge is 0.315 e. The topological polar surface area (TPSA) is 59.6 Å². The maximum Gasteiger partial charge on any atom is 0.315 e. The van der Waals surface area contributed by atoms with E-state index in [9.17, 15) is 4.79 Å². The minimum absolute atomic E-state index is 0.266. The van der Waals surface area contributed by atoms with Gasteiger partial charge in [-0.15, -0.1) is 0 Å². The van der Waals surface area contributed by atoms with Crippen molar-refractivity contribution in [2.75, 3.05) is 19.8 Å². The van der Waals surface area contributed by atoms with Crippen LogP contribution in [0.5, 0.6) is 0 Å². The predicted octanol–water partition coefficient (Wildman–Crippen LogP) is 3.24. The Labute approximate surface area is 133 Å². The Balaban J connectivity index is 1.87. The highest BCUT2D eigenvalue weighted by Crippen LogP contribution is 2.29. The van der Waals surface area contributed by atoms with E-state index in [0.29, 0.717) is 29.0 Å². The average molecular weight is 331 g/mol. The summed E-state index contributed by atoms with van der Waals surface area (Å²) in [6.45, 7) is 3.11. The number of carbonyl (C=O) groups excluding carboxylic acids is 1. The Hall–Kier alpha value is -1.59. The molecule has 0 aromatic heterocycles. The Kier molecular flexibility index (Phi) is 5.59. The zero-order valence-corrected chi connectivity index (χ0v) is 13.0. The fourth-order valence-corrected chi connectivity index (χ4v) is 2.32. The molecule has 1 aliphatic heterocycles. The average Bonchev–Trinajstić information content (AvgIpc) is 2.49. The van der Waals surface area contributed by atoms with Gasteiger partial charge in [-0.3, -0.25) is 0 Å². The molecule has 0 aliphatic carbocycles. The van der Waals surface area contributed by atoms with E-state index in [2.05, 4.69) is 10.6 Å². The molecule has 0 unspecified atom stereocenters. The van der Waals surface area contributed by atoms with Gasteiger partial charge in [-0.25, -0.2) is 4.79 Å². The number of halogens is 2. The largest absolute Gasteiger partial charge is 0.494 e. The van der Waals surface area contributed by atoms with Gasteiger partial charge in [0.2, 0.25) is 0 Å². The molecule has 5 nitrogen and oxygen atoms in total. The summed E-state index contributed by atoms with van der Waals surface area (Å²) in [6.07, 6.45) is 1.50. The van der Waals surface area contributed by atoms with Crippen LogP contribution in [0.1, 0.15) is 18.5 Å². The first-order valence-electron chi connectivity index (χ1n) is 6.49. The van der Waals surface area contributed by atoms with Gasteiger partial charge in [0.15, 0.2) is 0 Å². The molecule has 21 heavy (non-hydrogen) atoms. The molecule has 114 valence electrons. The number of carbonyl (C=O) groups is 1. The summed E-state index contributed by atoms with van der Waals surface area (Å²) in [6, 6.07) is 4.71. The SMILES string of the molecule is C[C@@H](NC(=O)NCC1=COCCO1)c1cccc(Cl)c1Cl. The van der Waals surface area contributed by atoms with E-state index in [1.54, 1.807) is 12.1 Å². The van der Waals surface area contributed by atoms with E-state index < -0.39 is 0 Å². The van der Waals surface area contributed by atoms with Crippen molar-refractivity contribution in [3.63, 3.8) is 0 Å². The monoisotopic (exact) mass is 330 g/mol. The van der Waals surface area contributed by atoms with Crippen molar-refractivity contribution in [3.8, 4) is 0 Å². The molecule has 1 heterocycles. The van der Waals surface area contributed by atoms with Crippen molar-refractivity contribution in [2.45, 2.75) is 13.0 Å². The van der Waals surface area contributed by atoms with Gasteiger partial charge in [0.05, 0.1) is 22.6 Å². The molecule has 0 saturated heterocycles. The number of rotatable bonds is 4. The highest BCUT2D eigenvalue weighted by molar-refractivity contribution is 6.42. The number of benzene rings is 1. The lowest BCUT2D eigenvalue weighted by Crippen LogP contribution is -2.38. The Morgan fingerprint density at radius 1 is 1.38 bits per heavy atom. The van der Waals surface area contributed by atoms with Crippen LogP contribution in [0.2, 0.25) is 10.0 Å². The Bertz CT molecular complexity index is 549. The molecule has 1 aliphatic rings. The summed E-state index contributed by atoms with van der Waals surface area (Å²) in [7, 11) is 0. The molecule has 7 heteroatoms. The summed E-state index contributed by atoms with van der Waals surface area (Å²) >= 11 is 12.1. The van der Waals surface area contributed by atoms with E-state index in [1.165, 1.54) is 6.26 Å². The van der Waals surface area contributed by atoms with Gasteiger partial charge in [0.1, 0.15) is 25.2 Å². The third kappa shape index (κ3) is 4.44. The Morgan fingerprint density at radius 3 is 2.90 bits per heavy atom. The van der Waals surface area contributed by atoms with Crippen molar-refractivity contribution >= 4 is 29.2 Å². The normalized spacial score (nSPS) is 15.3. The van der Waals surface area contributed by atoms with Gasteiger partial charge in [0.25, 0.3) is 0 Å². The number of nitrogens with one attached hydrogen (secondary N) is 2. The third-order valence-corrected chi connectivity index (χ3v) is 3.76. The van der Waals surface area contributed by atoms with Crippen molar-refractivity contribution in [1.29, 1.82) is 0 Å². The number of ether oxygens (including phenoxy) is 2. The van der Waals surface area contributed by atoms with Crippen molar-refractivity contribution in [2.24, 2.45) is 0 Å². The first-order chi connectivity index (χ1) is 10.1. The molecule has 1 aromatic rings. The molecule has 2 rings (SSSR count). The molecule has 0 radical (unpaired) electrons. The third-order valence-electron chi connectivity index (χ3n) is 2.92. The molecule has 1 atom stereocenters. The van der Waals surface area contributed by atoms with Gasteiger partial charge in [-0.1, -0.05) is 35.3 Å². The van der Waals surface area contributed by atoms with E-state index in [0.717, 1.165) is 5.56 Å². The van der Waals surface area contributed by atoms with Crippen LogP contribution in [0.4, 0.5) is 4.79 Å². The van der Waals surface area contributed by atoms with Crippen LogP contribution in [0, 0.1) is 0 Å². The lowest BCUT2D eigenvalue weighted by molar-refractivity contribution is 0.0816. The lowest BCUT2D eigenvalue weighted by Gasteiger charge is -2.19. The molecule has 2 amide bonds. The molecule has 0 fully saturated rings. The minimum Gasteiger partial charge on any atom is -0.494 e. The second kappa shape index (κ2) is 7.43. The molecule has 2 N–H and O–H groups in total. The Morgan fingerprint density at radius 2 is 2.19 bits per heavy atom. The van der Waals surface area contributed by atoms with Crippen molar-refractivity contribution in [3.05, 3.63) is 45.8 Å². The predicted molar refractivity (Wildman–Crippen MR) is 81.4 cm³/mol. The van der Waals surface area contributed by atoms with Gasteiger partial charge in [-0.05, 0) is 18.6 Å². The number of hydrogen-bond acceptors (Lipinski definition) is 3. The fourth-order valence-electron chi connectivity index (χ4n) is 1.85. The quantitative estimate of drug-likeness (QED) is 0.890. The number of hydrogen-bond donors (Lipinski definition) is 2. The maximum atomic E-state index is 11.8. The zero-order chi connectivity index (χ0) is 15.2. The fraction of sp³-hybridized carbons (Fsp3) is 0.357. The molecule has 0 bridgehead atoms. The highest BCUT2D eigenvalue weighted by atomic mass is 35.5. The molecule has 1 aromatic carbocycles. The first-order valence-corrected chi connectivity index (χ1v) is 7.25. The second-order valence-corrected chi connectivity index (χ2v) is 5.28. The number of urea groups is 1. The highest BCUT2D eigenvalue weighted by Gasteiger charge is 2.14. The lowest BCUT2D eigenvalue weighted by atomic mass is 10.1. The van der Waals surface area contributed by atoms with Gasteiger partial charge < -0.3 is 20.1 Å². The summed E-state index contributed by atoms with van der Waals surface area (Å²) < 4.78 is 10.4. The standard InChI is InChI=1S/C14H16Cl2N2O3/c1-9(11-3-2-4-12(15)13(11)16)18-14(19)17-7-10-8-20-5-6-21-10/h2-4,8-9H,5-7H2,1H3,(H2,17,18,19)/t9-/m1/s1. The van der Waals surface area contributed by atoms with Crippen LogP contribution in [-0.4, -0.2) is 25.8 Å². The van der Waals surface area contributed by atoms with E-state index in [1.807, 2.05) is 13.0 Å². The summed E-state index contributed by atoms with van der Waals surface area (Å²) in [5, 5.41) is 6.38. The molecular weight excluding hydrogens is 315 g/mol. The molecule has 0 saturated carbocycles. The maximum absolute atomic E-state index is 11.8. The minimum atomic E-state index is -0.325. The van der Waals surface area contributed by atoms with Gasteiger partial charge in [-0.2, -0.15) is 0 Å². The van der Waals surface area contributed by atoms with Crippen LogP contribution < -0.4 is 10.6 Å². The number of amides is 2. The summed E-state index contributed by atoms with van der Waals surface area (Å²) in [4.78, 5) is 11.8. The molecular formula is C14H16Cl2N2O3. The van der Waals surface area contributed by atoms with E-state index >= 15 is 0 Å². The van der Waals surface area contributed by atoms with Gasteiger partial charge >= 0.3 is 6.03 Å². The van der Waals surface area contributed by atoms with E-state index in [4.69, 9.17) is 32.7 Å². The van der Waals surface area contributed by atoms with Crippen molar-refractivity contribution < 1.29 is 14.3 Å². The molecule has 0 spiro atoms. The van der Waals surface area contributed by atoms with Gasteiger partial charge in [0, 0.05) is 0 Å². The van der Waals surface area contributed by atoms with E-state index in [-0.39, 0.29) is 18.6 Å². The first kappa shape index (κ1) is 15.8. The summed E-state index contributed by atoms with van der Waals surface area (Å²) in [5.41, 5.74) is 0.760. The van der Waals surface area contributed by atoms with Crippen LogP contribution in [-0.2, 0) is 9.47 Å². The van der Waals surface area contributed by atoms with Crippen LogP contribution in [0.15, 0.2) is 30.2 Å². The van der Waals surface area contributed by atoms with Crippen LogP contribution >= 0.6 is 23.2 Å². The summed E-state index contributed by atoms with van der Waals surface area (Å²) in [5.74, 6) is 0.588. The second-order valence-electron chi connectivity index (χ2n) is 4.50. The van der Waals surface area contributed by atoms with Crippen LogP contribution in [0.3, 0.4) is 0 Å². The zero-order valence-electron chi connectivity index (χ0n) is 11.5.